The molecule has 0 bridgehead atoms. The van der Waals surface area contributed by atoms with Crippen LogP contribution in [0.3, 0.4) is 0 Å². The largest absolute Gasteiger partial charge is 0.389 e. The van der Waals surface area contributed by atoms with E-state index in [1.54, 1.807) is 26.0 Å². The van der Waals surface area contributed by atoms with Gasteiger partial charge in [-0.15, -0.1) is 22.7 Å². The van der Waals surface area contributed by atoms with Crippen LogP contribution in [0.25, 0.3) is 10.6 Å². The third-order valence-corrected chi connectivity index (χ3v) is 6.88. The van der Waals surface area contributed by atoms with Crippen molar-refractivity contribution in [3.05, 3.63) is 22.5 Å². The zero-order valence-corrected chi connectivity index (χ0v) is 14.8. The summed E-state index contributed by atoms with van der Waals surface area (Å²) in [7, 11) is -2.11. The maximum Gasteiger partial charge on any atom is 0.252 e. The van der Waals surface area contributed by atoms with E-state index in [0.717, 1.165) is 15.6 Å². The van der Waals surface area contributed by atoms with Gasteiger partial charge in [0.15, 0.2) is 0 Å². The van der Waals surface area contributed by atoms with Gasteiger partial charge >= 0.3 is 0 Å². The summed E-state index contributed by atoms with van der Waals surface area (Å²) in [5.74, 6) is 0. The molecule has 2 rings (SSSR count). The van der Waals surface area contributed by atoms with E-state index in [-0.39, 0.29) is 10.8 Å². The van der Waals surface area contributed by atoms with E-state index in [2.05, 4.69) is 4.98 Å². The molecule has 2 heterocycles. The Morgan fingerprint density at radius 3 is 2.57 bits per heavy atom. The summed E-state index contributed by atoms with van der Waals surface area (Å²) in [6.45, 7) is 5.11. The van der Waals surface area contributed by atoms with Crippen LogP contribution < -0.4 is 0 Å². The highest BCUT2D eigenvalue weighted by molar-refractivity contribution is 7.91. The van der Waals surface area contributed by atoms with Crippen molar-refractivity contribution in [1.29, 1.82) is 0 Å². The van der Waals surface area contributed by atoms with E-state index >= 15 is 0 Å². The van der Waals surface area contributed by atoms with Gasteiger partial charge in [0.05, 0.1) is 21.2 Å². The zero-order valence-electron chi connectivity index (χ0n) is 12.3. The molecule has 0 radical (unpaired) electrons. The second-order valence-electron chi connectivity index (χ2n) is 5.44. The maximum absolute atomic E-state index is 12.5. The van der Waals surface area contributed by atoms with Crippen LogP contribution in [0, 0.1) is 6.92 Å². The van der Waals surface area contributed by atoms with Crippen molar-refractivity contribution in [3.63, 3.8) is 0 Å². The molecule has 2 aromatic heterocycles. The summed E-state index contributed by atoms with van der Waals surface area (Å²) in [6.07, 6.45) is 0. The number of likely N-dealkylation sites (N-methyl/N-ethyl adjacent to an activating group) is 1. The Labute approximate surface area is 132 Å². The summed E-state index contributed by atoms with van der Waals surface area (Å²) in [4.78, 5) is 5.19. The summed E-state index contributed by atoms with van der Waals surface area (Å²) in [5.41, 5.74) is -0.275. The molecule has 0 aliphatic rings. The summed E-state index contributed by atoms with van der Waals surface area (Å²) >= 11 is 2.73. The lowest BCUT2D eigenvalue weighted by Crippen LogP contribution is -2.39. The molecule has 2 aromatic rings. The van der Waals surface area contributed by atoms with Gasteiger partial charge in [-0.25, -0.2) is 13.4 Å². The monoisotopic (exact) mass is 346 g/mol. The number of aliphatic hydroxyl groups is 1. The van der Waals surface area contributed by atoms with Crippen LogP contribution in [0.2, 0.25) is 0 Å². The number of hydrogen-bond donors (Lipinski definition) is 1. The van der Waals surface area contributed by atoms with Crippen molar-refractivity contribution < 1.29 is 13.5 Å². The van der Waals surface area contributed by atoms with Crippen LogP contribution in [0.1, 0.15) is 18.9 Å². The Morgan fingerprint density at radius 1 is 1.38 bits per heavy atom. The smallest absolute Gasteiger partial charge is 0.252 e. The average Bonchev–Trinajstić information content (AvgIpc) is 2.94. The second kappa shape index (κ2) is 5.77. The fourth-order valence-electron chi connectivity index (χ4n) is 1.86. The van der Waals surface area contributed by atoms with E-state index in [9.17, 15) is 13.5 Å². The molecule has 0 amide bonds. The lowest BCUT2D eigenvalue weighted by molar-refractivity contribution is 0.0640. The van der Waals surface area contributed by atoms with Gasteiger partial charge in [0.2, 0.25) is 0 Å². The van der Waals surface area contributed by atoms with Crippen molar-refractivity contribution in [2.24, 2.45) is 0 Å². The lowest BCUT2D eigenvalue weighted by atomic mass is 10.1. The molecule has 0 unspecified atom stereocenters. The van der Waals surface area contributed by atoms with Gasteiger partial charge in [0.1, 0.15) is 4.21 Å². The molecule has 116 valence electrons. The minimum Gasteiger partial charge on any atom is -0.389 e. The van der Waals surface area contributed by atoms with Gasteiger partial charge in [-0.1, -0.05) is 0 Å². The molecule has 0 saturated heterocycles. The molecule has 8 heteroatoms. The quantitative estimate of drug-likeness (QED) is 0.903. The minimum absolute atomic E-state index is 0.0401. The highest BCUT2D eigenvalue weighted by atomic mass is 32.2. The molecule has 0 atom stereocenters. The first kappa shape index (κ1) is 16.6. The van der Waals surface area contributed by atoms with E-state index in [4.69, 9.17) is 0 Å². The first-order valence-electron chi connectivity index (χ1n) is 6.31. The molecular weight excluding hydrogens is 328 g/mol. The molecular formula is C13H18N2O3S3. The fourth-order valence-corrected chi connectivity index (χ4v) is 5.35. The molecule has 0 aliphatic heterocycles. The summed E-state index contributed by atoms with van der Waals surface area (Å²) in [5, 5.41) is 12.6. The molecule has 21 heavy (non-hydrogen) atoms. The number of sulfonamides is 1. The second-order valence-corrected chi connectivity index (χ2v) is 9.86. The Hall–Kier alpha value is -0.800. The zero-order chi connectivity index (χ0) is 15.8. The van der Waals surface area contributed by atoms with Gasteiger partial charge in [0.25, 0.3) is 10.0 Å². The number of rotatable bonds is 5. The fraction of sp³-hybridized carbons (Fsp3) is 0.462. The molecule has 5 nitrogen and oxygen atoms in total. The predicted octanol–water partition coefficient (Wildman–Crippen LogP) is 2.57. The van der Waals surface area contributed by atoms with Crippen LogP contribution in [-0.4, -0.2) is 42.0 Å². The minimum atomic E-state index is -3.59. The van der Waals surface area contributed by atoms with Crippen LogP contribution in [0.5, 0.6) is 0 Å². The SMILES string of the molecule is Cc1nc(-c2ccc(S(=O)(=O)N(C)CC(C)(C)O)s2)cs1. The topological polar surface area (TPSA) is 70.5 Å². The Morgan fingerprint density at radius 2 is 2.05 bits per heavy atom. The van der Waals surface area contributed by atoms with E-state index < -0.39 is 15.6 Å². The van der Waals surface area contributed by atoms with E-state index in [1.807, 2.05) is 12.3 Å². The Bertz CT molecular complexity index is 726. The Kier molecular flexibility index (Phi) is 4.55. The summed E-state index contributed by atoms with van der Waals surface area (Å²) in [6, 6.07) is 3.36. The number of hydrogen-bond acceptors (Lipinski definition) is 6. The van der Waals surface area contributed by atoms with Crippen LogP contribution >= 0.6 is 22.7 Å². The van der Waals surface area contributed by atoms with Crippen LogP contribution in [-0.2, 0) is 10.0 Å². The highest BCUT2D eigenvalue weighted by Gasteiger charge is 2.27. The van der Waals surface area contributed by atoms with Crippen molar-refractivity contribution in [1.82, 2.24) is 9.29 Å². The number of aryl methyl sites for hydroxylation is 1. The predicted molar refractivity (Wildman–Crippen MR) is 86.3 cm³/mol. The summed E-state index contributed by atoms with van der Waals surface area (Å²) < 4.78 is 26.4. The molecule has 0 saturated carbocycles. The van der Waals surface area contributed by atoms with Gasteiger partial charge in [-0.3, -0.25) is 0 Å². The standard InChI is InChI=1S/C13H18N2O3S3/c1-9-14-10(7-19-9)11-5-6-12(20-11)21(17,18)15(4)8-13(2,3)16/h5-7,16H,8H2,1-4H3. The highest BCUT2D eigenvalue weighted by Crippen LogP contribution is 2.32. The normalized spacial score (nSPS) is 13.0. The molecule has 1 N–H and O–H groups in total. The first-order valence-corrected chi connectivity index (χ1v) is 9.44. The average molecular weight is 346 g/mol. The molecule has 0 fully saturated rings. The Balaban J connectivity index is 2.28. The number of aromatic nitrogens is 1. The van der Waals surface area contributed by atoms with E-state index in [1.165, 1.54) is 34.0 Å². The van der Waals surface area contributed by atoms with Gasteiger partial charge in [-0.2, -0.15) is 4.31 Å². The maximum atomic E-state index is 12.5. The van der Waals surface area contributed by atoms with Crippen molar-refractivity contribution in [2.75, 3.05) is 13.6 Å². The third kappa shape index (κ3) is 3.89. The molecule has 0 aliphatic carbocycles. The number of thiophene rings is 1. The van der Waals surface area contributed by atoms with Crippen LogP contribution in [0.4, 0.5) is 0 Å². The van der Waals surface area contributed by atoms with Crippen molar-refractivity contribution in [2.45, 2.75) is 30.6 Å². The first-order chi connectivity index (χ1) is 9.59. The van der Waals surface area contributed by atoms with Gasteiger partial charge < -0.3 is 5.11 Å². The number of nitrogens with zero attached hydrogens (tertiary/aromatic N) is 2. The van der Waals surface area contributed by atoms with Gasteiger partial charge in [0, 0.05) is 19.0 Å². The van der Waals surface area contributed by atoms with Crippen molar-refractivity contribution in [3.8, 4) is 10.6 Å². The van der Waals surface area contributed by atoms with Crippen molar-refractivity contribution >= 4 is 32.7 Å². The number of thiazole rings is 1. The van der Waals surface area contributed by atoms with Gasteiger partial charge in [-0.05, 0) is 32.9 Å². The third-order valence-electron chi connectivity index (χ3n) is 2.73. The molecule has 0 aromatic carbocycles. The lowest BCUT2D eigenvalue weighted by Gasteiger charge is -2.24. The molecule has 0 spiro atoms. The van der Waals surface area contributed by atoms with E-state index in [0.29, 0.717) is 0 Å². The van der Waals surface area contributed by atoms with Crippen LogP contribution in [0.15, 0.2) is 21.7 Å².